The highest BCUT2D eigenvalue weighted by Crippen LogP contribution is 2.27. The van der Waals surface area contributed by atoms with Crippen molar-refractivity contribution in [3.8, 4) is 5.75 Å². The van der Waals surface area contributed by atoms with E-state index in [0.717, 1.165) is 48.3 Å². The molecule has 3 heteroatoms. The molecule has 0 fully saturated rings. The smallest absolute Gasteiger partial charge is 0.307 e. The number of rotatable bonds is 8. The summed E-state index contributed by atoms with van der Waals surface area (Å²) in [5, 5.41) is 8.82. The summed E-state index contributed by atoms with van der Waals surface area (Å²) in [7, 11) is 0. The molecule has 0 radical (unpaired) electrons. The lowest BCUT2D eigenvalue weighted by Crippen LogP contribution is -1.98. The van der Waals surface area contributed by atoms with Crippen LogP contribution >= 0.6 is 0 Å². The van der Waals surface area contributed by atoms with E-state index in [1.807, 2.05) is 31.2 Å². The predicted octanol–water partition coefficient (Wildman–Crippen LogP) is 4.44. The Hall–Kier alpha value is -1.77. The molecule has 0 unspecified atom stereocenters. The van der Waals surface area contributed by atoms with Crippen LogP contribution in [0.15, 0.2) is 24.3 Å². The van der Waals surface area contributed by atoms with Crippen molar-refractivity contribution in [2.45, 2.75) is 46.5 Å². The number of hydrogen-bond acceptors (Lipinski definition) is 2. The molecule has 20 heavy (non-hydrogen) atoms. The molecule has 0 aliphatic rings. The molecule has 0 amide bonds. The average Bonchev–Trinajstić information content (AvgIpc) is 2.41. The maximum absolute atomic E-state index is 10.7. The minimum Gasteiger partial charge on any atom is -0.494 e. The Morgan fingerprint density at radius 3 is 2.60 bits per heavy atom. The van der Waals surface area contributed by atoms with E-state index in [1.165, 1.54) is 0 Å². The molecular formula is C17H24O3. The largest absolute Gasteiger partial charge is 0.494 e. The van der Waals surface area contributed by atoms with Gasteiger partial charge in [0.25, 0.3) is 0 Å². The van der Waals surface area contributed by atoms with Crippen LogP contribution in [-0.2, 0) is 4.79 Å². The van der Waals surface area contributed by atoms with Gasteiger partial charge in [0.05, 0.1) is 13.0 Å². The van der Waals surface area contributed by atoms with Gasteiger partial charge in [-0.3, -0.25) is 4.79 Å². The Bertz CT molecular complexity index is 475. The quantitative estimate of drug-likeness (QED) is 0.763. The Morgan fingerprint density at radius 1 is 1.30 bits per heavy atom. The molecule has 0 bridgehead atoms. The topological polar surface area (TPSA) is 46.5 Å². The SMILES string of the molecule is CCCOc1ccc(/C(=C/CC(=O)O)CCC)c(C)c1. The number of aryl methyl sites for hydroxylation is 1. The Labute approximate surface area is 121 Å². The van der Waals surface area contributed by atoms with Crippen molar-refractivity contribution >= 4 is 11.5 Å². The minimum atomic E-state index is -0.792. The molecule has 0 saturated heterocycles. The summed E-state index contributed by atoms with van der Waals surface area (Å²) >= 11 is 0. The molecule has 0 saturated carbocycles. The zero-order valence-electron chi connectivity index (χ0n) is 12.6. The first-order valence-corrected chi connectivity index (χ1v) is 7.23. The number of hydrogen-bond donors (Lipinski definition) is 1. The molecular weight excluding hydrogens is 252 g/mol. The molecule has 1 rings (SSSR count). The van der Waals surface area contributed by atoms with E-state index < -0.39 is 5.97 Å². The van der Waals surface area contributed by atoms with Crippen LogP contribution in [0.2, 0.25) is 0 Å². The first kappa shape index (κ1) is 16.3. The van der Waals surface area contributed by atoms with E-state index in [9.17, 15) is 4.79 Å². The zero-order valence-corrected chi connectivity index (χ0v) is 12.6. The molecule has 0 aromatic heterocycles. The molecule has 0 heterocycles. The van der Waals surface area contributed by atoms with Gasteiger partial charge in [0, 0.05) is 0 Å². The Balaban J connectivity index is 2.96. The van der Waals surface area contributed by atoms with Crippen LogP contribution in [0.5, 0.6) is 5.75 Å². The maximum Gasteiger partial charge on any atom is 0.307 e. The third-order valence-corrected chi connectivity index (χ3v) is 3.06. The number of allylic oxidation sites excluding steroid dienone is 1. The molecule has 3 nitrogen and oxygen atoms in total. The van der Waals surface area contributed by atoms with Crippen molar-refractivity contribution in [2.24, 2.45) is 0 Å². The second-order valence-corrected chi connectivity index (χ2v) is 4.90. The van der Waals surface area contributed by atoms with E-state index in [4.69, 9.17) is 9.84 Å². The lowest BCUT2D eigenvalue weighted by Gasteiger charge is -2.12. The number of benzene rings is 1. The van der Waals surface area contributed by atoms with Gasteiger partial charge in [-0.1, -0.05) is 32.4 Å². The van der Waals surface area contributed by atoms with Gasteiger partial charge >= 0.3 is 5.97 Å². The Morgan fingerprint density at radius 2 is 2.05 bits per heavy atom. The fourth-order valence-electron chi connectivity index (χ4n) is 2.13. The van der Waals surface area contributed by atoms with E-state index in [1.54, 1.807) is 0 Å². The third kappa shape index (κ3) is 5.08. The van der Waals surface area contributed by atoms with Crippen LogP contribution in [0.25, 0.3) is 5.57 Å². The van der Waals surface area contributed by atoms with Gasteiger partial charge < -0.3 is 9.84 Å². The number of carboxylic acids is 1. The van der Waals surface area contributed by atoms with E-state index >= 15 is 0 Å². The molecule has 0 atom stereocenters. The monoisotopic (exact) mass is 276 g/mol. The molecule has 1 N–H and O–H groups in total. The standard InChI is InChI=1S/C17H24O3/c1-4-6-14(7-10-17(18)19)16-9-8-15(12-13(16)3)20-11-5-2/h7-9,12H,4-6,10-11H2,1-3H3,(H,18,19)/b14-7+. The maximum atomic E-state index is 10.7. The van der Waals surface area contributed by atoms with Crippen LogP contribution in [0.4, 0.5) is 0 Å². The zero-order chi connectivity index (χ0) is 15.0. The van der Waals surface area contributed by atoms with Crippen LogP contribution in [0.1, 0.15) is 50.7 Å². The van der Waals surface area contributed by atoms with Gasteiger partial charge in [0.1, 0.15) is 5.75 Å². The average molecular weight is 276 g/mol. The minimum absolute atomic E-state index is 0.0723. The highest BCUT2D eigenvalue weighted by Gasteiger charge is 2.07. The number of ether oxygens (including phenoxy) is 1. The molecule has 1 aromatic carbocycles. The number of aliphatic carboxylic acids is 1. The molecule has 0 aliphatic carbocycles. The summed E-state index contributed by atoms with van der Waals surface area (Å²) < 4.78 is 5.62. The van der Waals surface area contributed by atoms with Crippen molar-refractivity contribution in [1.29, 1.82) is 0 Å². The van der Waals surface area contributed by atoms with E-state index in [-0.39, 0.29) is 6.42 Å². The van der Waals surface area contributed by atoms with Crippen LogP contribution < -0.4 is 4.74 Å². The fraction of sp³-hybridized carbons (Fsp3) is 0.471. The molecule has 110 valence electrons. The normalized spacial score (nSPS) is 11.4. The molecule has 0 spiro atoms. The van der Waals surface area contributed by atoms with Crippen molar-refractivity contribution < 1.29 is 14.6 Å². The molecule has 0 aliphatic heterocycles. The summed E-state index contributed by atoms with van der Waals surface area (Å²) in [6.45, 7) is 6.94. The van der Waals surface area contributed by atoms with Gasteiger partial charge in [-0.2, -0.15) is 0 Å². The predicted molar refractivity (Wildman–Crippen MR) is 82.1 cm³/mol. The lowest BCUT2D eigenvalue weighted by molar-refractivity contribution is -0.135. The van der Waals surface area contributed by atoms with Gasteiger partial charge in [0.2, 0.25) is 0 Å². The summed E-state index contributed by atoms with van der Waals surface area (Å²) in [5.41, 5.74) is 3.36. The first-order chi connectivity index (χ1) is 9.58. The first-order valence-electron chi connectivity index (χ1n) is 7.23. The second kappa shape index (κ2) is 8.41. The van der Waals surface area contributed by atoms with Crippen LogP contribution in [-0.4, -0.2) is 17.7 Å². The fourth-order valence-corrected chi connectivity index (χ4v) is 2.13. The van der Waals surface area contributed by atoms with Gasteiger partial charge in [-0.15, -0.1) is 0 Å². The van der Waals surface area contributed by atoms with E-state index in [2.05, 4.69) is 13.8 Å². The van der Waals surface area contributed by atoms with Crippen molar-refractivity contribution in [3.05, 3.63) is 35.4 Å². The summed E-state index contributed by atoms with van der Waals surface area (Å²) in [4.78, 5) is 10.7. The lowest BCUT2D eigenvalue weighted by atomic mass is 9.96. The Kier molecular flexibility index (Phi) is 6.85. The summed E-state index contributed by atoms with van der Waals surface area (Å²) in [5.74, 6) is 0.0846. The van der Waals surface area contributed by atoms with Crippen LogP contribution in [0, 0.1) is 6.92 Å². The van der Waals surface area contributed by atoms with Crippen molar-refractivity contribution in [3.63, 3.8) is 0 Å². The highest BCUT2D eigenvalue weighted by atomic mass is 16.5. The molecule has 1 aromatic rings. The van der Waals surface area contributed by atoms with Crippen molar-refractivity contribution in [1.82, 2.24) is 0 Å². The van der Waals surface area contributed by atoms with Crippen LogP contribution in [0.3, 0.4) is 0 Å². The third-order valence-electron chi connectivity index (χ3n) is 3.06. The summed E-state index contributed by atoms with van der Waals surface area (Å²) in [6, 6.07) is 6.02. The highest BCUT2D eigenvalue weighted by molar-refractivity contribution is 5.75. The number of carboxylic acid groups (broad SMARTS) is 1. The van der Waals surface area contributed by atoms with E-state index in [0.29, 0.717) is 0 Å². The second-order valence-electron chi connectivity index (χ2n) is 4.90. The summed E-state index contributed by atoms with van der Waals surface area (Å²) in [6.07, 6.45) is 4.77. The van der Waals surface area contributed by atoms with Gasteiger partial charge in [-0.25, -0.2) is 0 Å². The van der Waals surface area contributed by atoms with Gasteiger partial charge in [0.15, 0.2) is 0 Å². The van der Waals surface area contributed by atoms with Gasteiger partial charge in [-0.05, 0) is 48.6 Å². The van der Waals surface area contributed by atoms with Crippen molar-refractivity contribution in [2.75, 3.05) is 6.61 Å². The number of carbonyl (C=O) groups is 1.